The topological polar surface area (TPSA) is 46.6 Å². The molecule has 5 heteroatoms. The molecule has 4 nitrogen and oxygen atoms in total. The number of rotatable bonds is 1. The fourth-order valence-corrected chi connectivity index (χ4v) is 1.88. The number of nitrogens with zero attached hydrogens (tertiary/aromatic N) is 2. The molecule has 0 aromatic heterocycles. The maximum Gasteiger partial charge on any atom is 0.493 e. The molecule has 1 aliphatic rings. The maximum absolute atomic E-state index is 9.00. The molecule has 96 valence electrons. The molecular weight excluding hydrogens is 239 g/mol. The van der Waals surface area contributed by atoms with Gasteiger partial charge in [-0.15, -0.1) is 0 Å². The third-order valence-corrected chi connectivity index (χ3v) is 3.72. The maximum atomic E-state index is 9.00. The lowest BCUT2D eigenvalue weighted by molar-refractivity contribution is 0.00578. The normalized spacial score (nSPS) is 19.8. The molecule has 0 bridgehead atoms. The van der Waals surface area contributed by atoms with Crippen molar-refractivity contribution in [3.05, 3.63) is 35.2 Å². The number of hydrogen-bond donors (Lipinski definition) is 0. The first-order valence-electron chi connectivity index (χ1n) is 6.07. The lowest BCUT2D eigenvalue weighted by Crippen LogP contribution is -2.41. The monoisotopic (exact) mass is 254 g/mol. The minimum atomic E-state index is -0.543. The second kappa shape index (κ2) is 4.38. The van der Waals surface area contributed by atoms with E-state index in [4.69, 9.17) is 21.1 Å². The molecule has 0 N–H and O–H groups in total. The summed E-state index contributed by atoms with van der Waals surface area (Å²) in [6.07, 6.45) is 0. The van der Waals surface area contributed by atoms with E-state index in [1.165, 1.54) is 0 Å². The first-order chi connectivity index (χ1) is 8.79. The molecule has 0 amide bonds. The highest BCUT2D eigenvalue weighted by Gasteiger charge is 2.51. The Morgan fingerprint density at radius 2 is 1.74 bits per heavy atom. The fraction of sp³-hybridized carbons (Fsp3) is 0.429. The van der Waals surface area contributed by atoms with Crippen molar-refractivity contribution in [3.63, 3.8) is 0 Å². The minimum Gasteiger partial charge on any atom is -0.399 e. The highest BCUT2D eigenvalue weighted by Crippen LogP contribution is 2.36. The average Bonchev–Trinajstić information content (AvgIpc) is 2.58. The van der Waals surface area contributed by atoms with Crippen LogP contribution in [0.3, 0.4) is 0 Å². The molecule has 1 heterocycles. The summed E-state index contributed by atoms with van der Waals surface area (Å²) in [7, 11) is -0.543. The smallest absolute Gasteiger partial charge is 0.399 e. The van der Waals surface area contributed by atoms with Crippen molar-refractivity contribution in [3.8, 4) is 6.07 Å². The van der Waals surface area contributed by atoms with Crippen LogP contribution in [0.5, 0.6) is 0 Å². The van der Waals surface area contributed by atoms with Gasteiger partial charge in [0.15, 0.2) is 5.69 Å². The van der Waals surface area contributed by atoms with Crippen molar-refractivity contribution >= 4 is 18.3 Å². The molecule has 1 saturated heterocycles. The van der Waals surface area contributed by atoms with Gasteiger partial charge in [-0.3, -0.25) is 0 Å². The summed E-state index contributed by atoms with van der Waals surface area (Å²) in [6, 6.07) is 7.02. The zero-order valence-electron chi connectivity index (χ0n) is 11.5. The summed E-state index contributed by atoms with van der Waals surface area (Å²) in [5.41, 5.74) is 0.711. The molecule has 0 unspecified atom stereocenters. The Balaban J connectivity index is 2.40. The fourth-order valence-electron chi connectivity index (χ4n) is 1.88. The van der Waals surface area contributed by atoms with E-state index in [-0.39, 0.29) is 0 Å². The van der Waals surface area contributed by atoms with Gasteiger partial charge in [0.05, 0.1) is 23.8 Å². The molecular formula is C14H15BN2O2. The Labute approximate surface area is 113 Å². The predicted molar refractivity (Wildman–Crippen MR) is 73.1 cm³/mol. The van der Waals surface area contributed by atoms with Crippen molar-refractivity contribution in [1.29, 1.82) is 5.26 Å². The highest BCUT2D eigenvalue weighted by atomic mass is 16.7. The molecule has 0 atom stereocenters. The highest BCUT2D eigenvalue weighted by molar-refractivity contribution is 6.62. The van der Waals surface area contributed by atoms with Crippen molar-refractivity contribution in [1.82, 2.24) is 0 Å². The van der Waals surface area contributed by atoms with Gasteiger partial charge in [-0.1, -0.05) is 6.07 Å². The van der Waals surface area contributed by atoms with Crippen LogP contribution < -0.4 is 5.46 Å². The van der Waals surface area contributed by atoms with Crippen LogP contribution in [0, 0.1) is 17.9 Å². The van der Waals surface area contributed by atoms with Crippen LogP contribution in [0.25, 0.3) is 4.85 Å². The third kappa shape index (κ3) is 2.36. The summed E-state index contributed by atoms with van der Waals surface area (Å²) < 4.78 is 11.8. The van der Waals surface area contributed by atoms with E-state index in [2.05, 4.69) is 10.9 Å². The average molecular weight is 254 g/mol. The zero-order chi connectivity index (χ0) is 14.3. The Hall–Kier alpha value is -1.82. The summed E-state index contributed by atoms with van der Waals surface area (Å²) >= 11 is 0. The molecule has 0 radical (unpaired) electrons. The number of nitriles is 1. The van der Waals surface area contributed by atoms with E-state index in [9.17, 15) is 0 Å². The van der Waals surface area contributed by atoms with Crippen molar-refractivity contribution in [2.75, 3.05) is 0 Å². The van der Waals surface area contributed by atoms with Crippen LogP contribution in [0.4, 0.5) is 5.69 Å². The van der Waals surface area contributed by atoms with Crippen LogP contribution in [0.1, 0.15) is 33.3 Å². The quantitative estimate of drug-likeness (QED) is 0.571. The Morgan fingerprint density at radius 3 is 2.21 bits per heavy atom. The molecule has 0 spiro atoms. The van der Waals surface area contributed by atoms with E-state index in [0.29, 0.717) is 16.7 Å². The Morgan fingerprint density at radius 1 is 1.16 bits per heavy atom. The van der Waals surface area contributed by atoms with Crippen molar-refractivity contribution < 1.29 is 9.31 Å². The zero-order valence-corrected chi connectivity index (χ0v) is 11.5. The third-order valence-electron chi connectivity index (χ3n) is 3.72. The van der Waals surface area contributed by atoms with E-state index in [1.807, 2.05) is 27.7 Å². The standard InChI is InChI=1S/C14H15BN2O2/c1-13(2)14(3,4)19-15(18-13)11-6-10(9-16)7-12(8-11)17-5/h6-8H,1-4H3. The van der Waals surface area contributed by atoms with Crippen molar-refractivity contribution in [2.24, 2.45) is 0 Å². The molecule has 1 aromatic rings. The molecule has 0 aliphatic carbocycles. The number of hydrogen-bond acceptors (Lipinski definition) is 3. The van der Waals surface area contributed by atoms with E-state index < -0.39 is 18.3 Å². The summed E-state index contributed by atoms with van der Waals surface area (Å²) in [4.78, 5) is 3.37. The predicted octanol–water partition coefficient (Wildman–Crippen LogP) is 2.41. The van der Waals surface area contributed by atoms with Gasteiger partial charge in [-0.2, -0.15) is 5.26 Å². The molecule has 1 fully saturated rings. The lowest BCUT2D eigenvalue weighted by Gasteiger charge is -2.32. The Bertz CT molecular complexity index is 548. The van der Waals surface area contributed by atoms with Crippen LogP contribution in [-0.4, -0.2) is 18.3 Å². The van der Waals surface area contributed by atoms with E-state index >= 15 is 0 Å². The van der Waals surface area contributed by atoms with Gasteiger partial charge >= 0.3 is 7.12 Å². The van der Waals surface area contributed by atoms with Crippen molar-refractivity contribution in [2.45, 2.75) is 38.9 Å². The SMILES string of the molecule is [C-]#[N+]c1cc(C#N)cc(B2OC(C)(C)C(C)(C)O2)c1. The molecule has 1 aliphatic heterocycles. The van der Waals surface area contributed by atoms with Crippen LogP contribution in [-0.2, 0) is 9.31 Å². The van der Waals surface area contributed by atoms with E-state index in [0.717, 1.165) is 0 Å². The van der Waals surface area contributed by atoms with Crippen LogP contribution in [0.2, 0.25) is 0 Å². The van der Waals surface area contributed by atoms with E-state index in [1.54, 1.807) is 18.2 Å². The van der Waals surface area contributed by atoms with Gasteiger partial charge in [-0.05, 0) is 45.3 Å². The summed E-state index contributed by atoms with van der Waals surface area (Å²) in [6.45, 7) is 14.9. The first-order valence-corrected chi connectivity index (χ1v) is 6.07. The second-order valence-corrected chi connectivity index (χ2v) is 5.63. The summed E-state index contributed by atoms with van der Waals surface area (Å²) in [5.74, 6) is 0. The molecule has 0 saturated carbocycles. The molecule has 2 rings (SSSR count). The lowest BCUT2D eigenvalue weighted by atomic mass is 9.78. The van der Waals surface area contributed by atoms with Gasteiger partial charge in [0.1, 0.15) is 0 Å². The Kier molecular flexibility index (Phi) is 3.14. The largest absolute Gasteiger partial charge is 0.493 e. The van der Waals surface area contributed by atoms with Gasteiger partial charge in [0.25, 0.3) is 0 Å². The van der Waals surface area contributed by atoms with Gasteiger partial charge in [-0.25, -0.2) is 4.85 Å². The summed E-state index contributed by atoms with van der Waals surface area (Å²) in [5, 5.41) is 9.00. The van der Waals surface area contributed by atoms with Gasteiger partial charge < -0.3 is 9.31 Å². The van der Waals surface area contributed by atoms with Gasteiger partial charge in [0.2, 0.25) is 0 Å². The molecule has 1 aromatic carbocycles. The first kappa shape index (κ1) is 13.6. The molecule has 19 heavy (non-hydrogen) atoms. The minimum absolute atomic E-state index is 0.420. The number of benzene rings is 1. The van der Waals surface area contributed by atoms with Crippen LogP contribution in [0.15, 0.2) is 18.2 Å². The second-order valence-electron chi connectivity index (χ2n) is 5.63. The van der Waals surface area contributed by atoms with Crippen LogP contribution >= 0.6 is 0 Å². The van der Waals surface area contributed by atoms with Gasteiger partial charge in [0, 0.05) is 5.56 Å².